The molecule has 5 nitrogen and oxygen atoms in total. The number of nitrogens with zero attached hydrogens (tertiary/aromatic N) is 4. The van der Waals surface area contributed by atoms with Crippen molar-refractivity contribution < 1.29 is 0 Å². The highest BCUT2D eigenvalue weighted by Crippen LogP contribution is 2.19. The molecule has 0 aliphatic heterocycles. The number of aryl methyl sites for hydroxylation is 2. The SMILES string of the molecule is CCn1nc(C)cc1Cn1nccc1CNC1CC1. The molecule has 0 saturated heterocycles. The lowest BCUT2D eigenvalue weighted by molar-refractivity contribution is 0.548. The van der Waals surface area contributed by atoms with Crippen LogP contribution in [0, 0.1) is 6.92 Å². The Labute approximate surface area is 113 Å². The Bertz CT molecular complexity index is 550. The van der Waals surface area contributed by atoms with Crippen molar-refractivity contribution >= 4 is 0 Å². The van der Waals surface area contributed by atoms with Gasteiger partial charge in [0.25, 0.3) is 0 Å². The molecule has 1 aliphatic carbocycles. The van der Waals surface area contributed by atoms with Crippen LogP contribution >= 0.6 is 0 Å². The Morgan fingerprint density at radius 1 is 1.32 bits per heavy atom. The normalized spacial score (nSPS) is 15.1. The van der Waals surface area contributed by atoms with Gasteiger partial charge in [-0.15, -0.1) is 0 Å². The fraction of sp³-hybridized carbons (Fsp3) is 0.571. The first-order valence-electron chi connectivity index (χ1n) is 7.03. The van der Waals surface area contributed by atoms with E-state index in [4.69, 9.17) is 0 Å². The number of rotatable bonds is 6. The molecular weight excluding hydrogens is 238 g/mol. The van der Waals surface area contributed by atoms with E-state index >= 15 is 0 Å². The Kier molecular flexibility index (Phi) is 3.38. The van der Waals surface area contributed by atoms with Crippen molar-refractivity contribution in [1.82, 2.24) is 24.9 Å². The van der Waals surface area contributed by atoms with Gasteiger partial charge in [-0.1, -0.05) is 0 Å². The van der Waals surface area contributed by atoms with Crippen LogP contribution in [0.2, 0.25) is 0 Å². The number of nitrogens with one attached hydrogen (secondary N) is 1. The van der Waals surface area contributed by atoms with Crippen molar-refractivity contribution in [3.63, 3.8) is 0 Å². The molecule has 1 aliphatic rings. The maximum Gasteiger partial charge on any atom is 0.0832 e. The summed E-state index contributed by atoms with van der Waals surface area (Å²) in [4.78, 5) is 0. The largest absolute Gasteiger partial charge is 0.308 e. The quantitative estimate of drug-likeness (QED) is 0.859. The Hall–Kier alpha value is -1.62. The summed E-state index contributed by atoms with van der Waals surface area (Å²) in [7, 11) is 0. The third-order valence-electron chi connectivity index (χ3n) is 3.55. The number of hydrogen-bond acceptors (Lipinski definition) is 3. The fourth-order valence-electron chi connectivity index (χ4n) is 2.34. The maximum atomic E-state index is 4.48. The second kappa shape index (κ2) is 5.17. The lowest BCUT2D eigenvalue weighted by atomic mass is 10.3. The summed E-state index contributed by atoms with van der Waals surface area (Å²) >= 11 is 0. The molecule has 0 aromatic carbocycles. The predicted octanol–water partition coefficient (Wildman–Crippen LogP) is 1.71. The zero-order valence-corrected chi connectivity index (χ0v) is 11.6. The molecule has 1 N–H and O–H groups in total. The molecule has 19 heavy (non-hydrogen) atoms. The Morgan fingerprint density at radius 3 is 2.89 bits per heavy atom. The van der Waals surface area contributed by atoms with Crippen molar-refractivity contribution in [1.29, 1.82) is 0 Å². The molecule has 3 rings (SSSR count). The lowest BCUT2D eigenvalue weighted by Crippen LogP contribution is -2.19. The summed E-state index contributed by atoms with van der Waals surface area (Å²) in [5, 5.41) is 12.4. The Balaban J connectivity index is 1.72. The van der Waals surface area contributed by atoms with Crippen LogP contribution in [0.1, 0.15) is 36.8 Å². The van der Waals surface area contributed by atoms with Gasteiger partial charge in [0.1, 0.15) is 0 Å². The minimum absolute atomic E-state index is 0.728. The van der Waals surface area contributed by atoms with Gasteiger partial charge in [0.2, 0.25) is 0 Å². The predicted molar refractivity (Wildman–Crippen MR) is 73.8 cm³/mol. The van der Waals surface area contributed by atoms with Gasteiger partial charge in [0.15, 0.2) is 0 Å². The molecule has 5 heteroatoms. The van der Waals surface area contributed by atoms with Gasteiger partial charge in [-0.3, -0.25) is 9.36 Å². The third-order valence-corrected chi connectivity index (χ3v) is 3.55. The third kappa shape index (κ3) is 2.87. The van der Waals surface area contributed by atoms with Gasteiger partial charge >= 0.3 is 0 Å². The molecule has 0 spiro atoms. The zero-order chi connectivity index (χ0) is 13.2. The maximum absolute atomic E-state index is 4.48. The average Bonchev–Trinajstić information content (AvgIpc) is 3.02. The van der Waals surface area contributed by atoms with Gasteiger partial charge in [-0.2, -0.15) is 10.2 Å². The molecule has 1 fully saturated rings. The van der Waals surface area contributed by atoms with E-state index in [2.05, 4.69) is 43.9 Å². The molecule has 2 aromatic heterocycles. The first kappa shape index (κ1) is 12.4. The van der Waals surface area contributed by atoms with E-state index in [-0.39, 0.29) is 0 Å². The molecule has 0 atom stereocenters. The summed E-state index contributed by atoms with van der Waals surface area (Å²) in [6.45, 7) is 6.76. The van der Waals surface area contributed by atoms with Crippen LogP contribution in [0.25, 0.3) is 0 Å². The standard InChI is InChI=1S/C14H21N5/c1-3-18-14(8-11(2)17-18)10-19-13(6-7-16-19)9-15-12-4-5-12/h6-8,12,15H,3-5,9-10H2,1-2H3. The zero-order valence-electron chi connectivity index (χ0n) is 11.6. The molecule has 102 valence electrons. The number of hydrogen-bond donors (Lipinski definition) is 1. The average molecular weight is 259 g/mol. The van der Waals surface area contributed by atoms with Crippen LogP contribution in [0.15, 0.2) is 18.3 Å². The molecule has 0 unspecified atom stereocenters. The van der Waals surface area contributed by atoms with Crippen LogP contribution in [0.4, 0.5) is 0 Å². The van der Waals surface area contributed by atoms with E-state index in [9.17, 15) is 0 Å². The minimum atomic E-state index is 0.728. The van der Waals surface area contributed by atoms with Gasteiger partial charge in [0, 0.05) is 25.3 Å². The van der Waals surface area contributed by atoms with Crippen molar-refractivity contribution in [2.75, 3.05) is 0 Å². The van der Waals surface area contributed by atoms with Crippen LogP contribution < -0.4 is 5.32 Å². The van der Waals surface area contributed by atoms with E-state index in [1.807, 2.05) is 13.1 Å². The fourth-order valence-corrected chi connectivity index (χ4v) is 2.34. The lowest BCUT2D eigenvalue weighted by Gasteiger charge is -2.09. The Morgan fingerprint density at radius 2 is 2.16 bits per heavy atom. The molecule has 2 aromatic rings. The minimum Gasteiger partial charge on any atom is -0.308 e. The molecule has 0 radical (unpaired) electrons. The molecule has 2 heterocycles. The van der Waals surface area contributed by atoms with E-state index in [0.717, 1.165) is 31.4 Å². The topological polar surface area (TPSA) is 47.7 Å². The highest BCUT2D eigenvalue weighted by Gasteiger charge is 2.20. The first-order chi connectivity index (χ1) is 9.26. The first-order valence-corrected chi connectivity index (χ1v) is 7.03. The highest BCUT2D eigenvalue weighted by molar-refractivity contribution is 5.11. The van der Waals surface area contributed by atoms with E-state index in [1.54, 1.807) is 0 Å². The summed E-state index contributed by atoms with van der Waals surface area (Å²) in [6.07, 6.45) is 4.51. The van der Waals surface area contributed by atoms with Crippen LogP contribution in [0.3, 0.4) is 0 Å². The number of aromatic nitrogens is 4. The van der Waals surface area contributed by atoms with E-state index in [1.165, 1.54) is 24.2 Å². The van der Waals surface area contributed by atoms with Crippen molar-refractivity contribution in [3.8, 4) is 0 Å². The van der Waals surface area contributed by atoms with Crippen LogP contribution in [-0.4, -0.2) is 25.6 Å². The summed E-state index contributed by atoms with van der Waals surface area (Å²) in [5.41, 5.74) is 3.53. The van der Waals surface area contributed by atoms with Gasteiger partial charge in [-0.05, 0) is 38.8 Å². The van der Waals surface area contributed by atoms with Crippen LogP contribution in [0.5, 0.6) is 0 Å². The second-order valence-corrected chi connectivity index (χ2v) is 5.23. The summed E-state index contributed by atoms with van der Waals surface area (Å²) in [6, 6.07) is 4.96. The summed E-state index contributed by atoms with van der Waals surface area (Å²) in [5.74, 6) is 0. The monoisotopic (exact) mass is 259 g/mol. The second-order valence-electron chi connectivity index (χ2n) is 5.23. The highest BCUT2D eigenvalue weighted by atomic mass is 15.3. The van der Waals surface area contributed by atoms with Gasteiger partial charge < -0.3 is 5.32 Å². The molecule has 1 saturated carbocycles. The van der Waals surface area contributed by atoms with Crippen molar-refractivity contribution in [2.24, 2.45) is 0 Å². The molecular formula is C14H21N5. The molecule has 0 amide bonds. The summed E-state index contributed by atoms with van der Waals surface area (Å²) < 4.78 is 4.12. The van der Waals surface area contributed by atoms with Crippen LogP contribution in [-0.2, 0) is 19.6 Å². The van der Waals surface area contributed by atoms with Crippen molar-refractivity contribution in [3.05, 3.63) is 35.4 Å². The van der Waals surface area contributed by atoms with Gasteiger partial charge in [-0.25, -0.2) is 0 Å². The van der Waals surface area contributed by atoms with Gasteiger partial charge in [0.05, 0.1) is 23.6 Å². The van der Waals surface area contributed by atoms with E-state index in [0.29, 0.717) is 0 Å². The molecule has 0 bridgehead atoms. The van der Waals surface area contributed by atoms with E-state index < -0.39 is 0 Å². The van der Waals surface area contributed by atoms with Crippen molar-refractivity contribution in [2.45, 2.75) is 52.4 Å². The smallest absolute Gasteiger partial charge is 0.0832 e.